The lowest BCUT2D eigenvalue weighted by Crippen LogP contribution is -2.69. The first-order valence-corrected chi connectivity index (χ1v) is 20.3. The molecule has 0 radical (unpaired) electrons. The van der Waals surface area contributed by atoms with Crippen molar-refractivity contribution >= 4 is 5.97 Å². The maximum absolute atomic E-state index is 14.7. The lowest BCUT2D eigenvalue weighted by Gasteiger charge is -2.71. The number of benzene rings is 1. The van der Waals surface area contributed by atoms with Crippen LogP contribution in [0.4, 0.5) is 0 Å². The second-order valence-corrected chi connectivity index (χ2v) is 19.9. The van der Waals surface area contributed by atoms with E-state index >= 15 is 0 Å². The molecule has 11 atom stereocenters. The van der Waals surface area contributed by atoms with Gasteiger partial charge in [0.05, 0.1) is 31.8 Å². The van der Waals surface area contributed by atoms with E-state index in [1.807, 2.05) is 18.2 Å². The fraction of sp³-hybridized carbons (Fsp3) is 0.800. The molecule has 7 rings (SSSR count). The molecule has 0 amide bonds. The first kappa shape index (κ1) is 36.7. The minimum atomic E-state index is -0.196. The van der Waals surface area contributed by atoms with Crippen molar-refractivity contribution in [1.82, 2.24) is 0 Å². The summed E-state index contributed by atoms with van der Waals surface area (Å²) in [5.41, 5.74) is 2.66. The van der Waals surface area contributed by atoms with Crippen molar-refractivity contribution in [2.24, 2.45) is 68.0 Å². The van der Waals surface area contributed by atoms with Gasteiger partial charge in [-0.1, -0.05) is 104 Å². The number of allylic oxidation sites excluding steroid dienone is 1. The van der Waals surface area contributed by atoms with Crippen LogP contribution in [0.3, 0.4) is 0 Å². The number of carbonyl (C=O) groups is 1. The molecule has 0 N–H and O–H groups in total. The highest BCUT2D eigenvalue weighted by Crippen LogP contribution is 2.75. The molecular formula is C45H68O5. The van der Waals surface area contributed by atoms with Gasteiger partial charge in [0, 0.05) is 24.0 Å². The van der Waals surface area contributed by atoms with Crippen molar-refractivity contribution < 1.29 is 23.7 Å². The molecule has 0 unspecified atom stereocenters. The number of carbonyl (C=O) groups excluding carboxylic acids is 1. The van der Waals surface area contributed by atoms with E-state index in [0.29, 0.717) is 36.2 Å². The Hall–Kier alpha value is -1.69. The molecule has 2 aliphatic heterocycles. The van der Waals surface area contributed by atoms with Crippen molar-refractivity contribution in [3.05, 3.63) is 47.5 Å². The maximum Gasteiger partial charge on any atom is 0.310 e. The Labute approximate surface area is 304 Å². The first-order valence-electron chi connectivity index (χ1n) is 20.3. The zero-order chi connectivity index (χ0) is 35.7. The average Bonchev–Trinajstić information content (AvgIpc) is 3.08. The Morgan fingerprint density at radius 1 is 0.900 bits per heavy atom. The molecule has 3 saturated carbocycles. The number of rotatable bonds is 8. The van der Waals surface area contributed by atoms with Crippen LogP contribution in [0.2, 0.25) is 0 Å². The van der Waals surface area contributed by atoms with Crippen LogP contribution in [0.25, 0.3) is 0 Å². The normalized spacial score (nSPS) is 44.3. The van der Waals surface area contributed by atoms with Crippen molar-refractivity contribution in [2.45, 2.75) is 126 Å². The molecule has 50 heavy (non-hydrogen) atoms. The summed E-state index contributed by atoms with van der Waals surface area (Å²) in [5.74, 6) is 2.23. The quantitative estimate of drug-likeness (QED) is 0.201. The predicted octanol–water partition coefficient (Wildman–Crippen LogP) is 10.1. The third kappa shape index (κ3) is 5.51. The fourth-order valence-electron chi connectivity index (χ4n) is 13.5. The van der Waals surface area contributed by atoms with Gasteiger partial charge in [-0.25, -0.2) is 0 Å². The van der Waals surface area contributed by atoms with Crippen molar-refractivity contribution in [2.75, 3.05) is 33.0 Å². The Morgan fingerprint density at radius 2 is 1.62 bits per heavy atom. The molecule has 0 aromatic heterocycles. The second-order valence-electron chi connectivity index (χ2n) is 19.9. The van der Waals surface area contributed by atoms with Crippen LogP contribution >= 0.6 is 0 Å². The molecule has 2 saturated heterocycles. The highest BCUT2D eigenvalue weighted by molar-refractivity contribution is 5.75. The molecule has 2 heterocycles. The van der Waals surface area contributed by atoms with E-state index < -0.39 is 0 Å². The van der Waals surface area contributed by atoms with E-state index in [2.05, 4.69) is 80.5 Å². The number of ether oxygens (including phenoxy) is 4. The minimum Gasteiger partial charge on any atom is -0.461 e. The maximum atomic E-state index is 14.7. The van der Waals surface area contributed by atoms with Gasteiger partial charge in [-0.2, -0.15) is 0 Å². The first-order chi connectivity index (χ1) is 23.6. The predicted molar refractivity (Wildman–Crippen MR) is 199 cm³/mol. The van der Waals surface area contributed by atoms with Crippen molar-refractivity contribution in [3.8, 4) is 0 Å². The number of hydrogen-bond donors (Lipinski definition) is 0. The molecule has 1 aromatic rings. The zero-order valence-electron chi connectivity index (χ0n) is 32.9. The second kappa shape index (κ2) is 13.0. The smallest absolute Gasteiger partial charge is 0.310 e. The van der Waals surface area contributed by atoms with Crippen LogP contribution in [0.1, 0.15) is 119 Å². The highest BCUT2D eigenvalue weighted by Gasteiger charge is 2.71. The topological polar surface area (TPSA) is 54.0 Å². The van der Waals surface area contributed by atoms with Crippen molar-refractivity contribution in [3.63, 3.8) is 0 Å². The largest absolute Gasteiger partial charge is 0.461 e. The monoisotopic (exact) mass is 689 g/mol. The molecule has 1 aromatic carbocycles. The van der Waals surface area contributed by atoms with E-state index in [1.54, 1.807) is 5.57 Å². The van der Waals surface area contributed by atoms with Crippen LogP contribution in [-0.4, -0.2) is 45.1 Å². The van der Waals surface area contributed by atoms with Crippen LogP contribution in [0.5, 0.6) is 0 Å². The summed E-state index contributed by atoms with van der Waals surface area (Å²) in [6.07, 6.45) is 11.7. The SMILES string of the molecule is CC(C)[C@@H](C)[C@@]1(C)CC[C@]2(C)[C@H]3CC[C@@H]4[C@@]5(COC[C@@]4(C)[C@@H](OCC4(C)CCOCC4)[C@H](C)C5)C3=CC[C@@]2(C)[C@@H]1C(=O)OCc1ccccc1. The van der Waals surface area contributed by atoms with E-state index in [-0.39, 0.29) is 50.5 Å². The summed E-state index contributed by atoms with van der Waals surface area (Å²) in [6, 6.07) is 10.2. The van der Waals surface area contributed by atoms with Crippen LogP contribution in [0, 0.1) is 68.0 Å². The molecule has 5 fully saturated rings. The van der Waals surface area contributed by atoms with E-state index in [0.717, 1.165) is 77.1 Å². The Balaban J connectivity index is 1.22. The molecule has 0 spiro atoms. The summed E-state index contributed by atoms with van der Waals surface area (Å²) in [6.45, 7) is 26.4. The molecule has 278 valence electrons. The Morgan fingerprint density at radius 3 is 2.32 bits per heavy atom. The third-order valence-corrected chi connectivity index (χ3v) is 16.9. The summed E-state index contributed by atoms with van der Waals surface area (Å²) < 4.78 is 25.9. The fourth-order valence-corrected chi connectivity index (χ4v) is 13.5. The summed E-state index contributed by atoms with van der Waals surface area (Å²) in [7, 11) is 0. The van der Waals surface area contributed by atoms with Crippen LogP contribution < -0.4 is 0 Å². The van der Waals surface area contributed by atoms with Gasteiger partial charge in [-0.15, -0.1) is 0 Å². The lowest BCUT2D eigenvalue weighted by molar-refractivity contribution is -0.256. The van der Waals surface area contributed by atoms with Crippen molar-refractivity contribution in [1.29, 1.82) is 0 Å². The lowest BCUT2D eigenvalue weighted by atomic mass is 9.34. The van der Waals surface area contributed by atoms with Crippen LogP contribution in [-0.2, 0) is 30.3 Å². The summed E-state index contributed by atoms with van der Waals surface area (Å²) >= 11 is 0. The number of fused-ring (bicyclic) bond motifs is 3. The van der Waals surface area contributed by atoms with Crippen LogP contribution in [0.15, 0.2) is 42.0 Å². The van der Waals surface area contributed by atoms with Gasteiger partial charge in [-0.05, 0) is 108 Å². The number of hydrogen-bond acceptors (Lipinski definition) is 5. The molecule has 5 nitrogen and oxygen atoms in total. The van der Waals surface area contributed by atoms with Gasteiger partial charge in [0.25, 0.3) is 0 Å². The number of esters is 1. The summed E-state index contributed by atoms with van der Waals surface area (Å²) in [5, 5.41) is 0. The summed E-state index contributed by atoms with van der Waals surface area (Å²) in [4.78, 5) is 14.7. The molecule has 6 aliphatic rings. The van der Waals surface area contributed by atoms with E-state index in [9.17, 15) is 4.79 Å². The standard InChI is InChI=1S/C45H68O5/c1-30(2)32(4)41(6)19-20-43(8)34-15-16-36-42(7)28-48-29-45(36,25-31(3)38(42)50-27-40(5)21-23-47-24-22-40)35(34)17-18-44(43,9)37(41)39(46)49-26-33-13-11-10-12-14-33/h10-14,17,30-32,34,36-38H,15-16,18-29H2,1-9H3/t31-,32-,34+,36+,37-,38+,41-,42-,43-,44+,45+/m1/s1. The molecular weight excluding hydrogens is 620 g/mol. The van der Waals surface area contributed by atoms with Gasteiger partial charge in [0.2, 0.25) is 0 Å². The van der Waals surface area contributed by atoms with E-state index in [4.69, 9.17) is 18.9 Å². The van der Waals surface area contributed by atoms with Gasteiger partial charge >= 0.3 is 5.97 Å². The Bertz CT molecular complexity index is 1430. The van der Waals surface area contributed by atoms with E-state index in [1.165, 1.54) is 12.8 Å². The van der Waals surface area contributed by atoms with Gasteiger partial charge < -0.3 is 18.9 Å². The highest BCUT2D eigenvalue weighted by atomic mass is 16.5. The molecule has 4 aliphatic carbocycles. The van der Waals surface area contributed by atoms with Gasteiger partial charge in [-0.3, -0.25) is 4.79 Å². The zero-order valence-corrected chi connectivity index (χ0v) is 32.9. The average molecular weight is 689 g/mol. The molecule has 5 heteroatoms. The molecule has 2 bridgehead atoms. The minimum absolute atomic E-state index is 0.00548. The third-order valence-electron chi connectivity index (χ3n) is 16.9. The van der Waals surface area contributed by atoms with Gasteiger partial charge in [0.15, 0.2) is 0 Å². The Kier molecular flexibility index (Phi) is 9.54. The van der Waals surface area contributed by atoms with Gasteiger partial charge in [0.1, 0.15) is 6.61 Å².